The number of hydrogen-bond donors (Lipinski definition) is 1. The van der Waals surface area contributed by atoms with Gasteiger partial charge in [-0.1, -0.05) is 0 Å². The van der Waals surface area contributed by atoms with E-state index in [1.807, 2.05) is 18.2 Å². The maximum absolute atomic E-state index is 11.8. The number of nitrogens with one attached hydrogen (secondary N) is 1. The van der Waals surface area contributed by atoms with Crippen LogP contribution in [-0.2, 0) is 4.79 Å². The predicted molar refractivity (Wildman–Crippen MR) is 66.6 cm³/mol. The van der Waals surface area contributed by atoms with Crippen LogP contribution < -0.4 is 15.0 Å². The SMILES string of the molecule is COc1ccc2c(c1)NC(=O)CC1CCCN21. The number of ether oxygens (including phenoxy) is 1. The Morgan fingerprint density at radius 1 is 1.47 bits per heavy atom. The molecule has 1 unspecified atom stereocenters. The largest absolute Gasteiger partial charge is 0.497 e. The van der Waals surface area contributed by atoms with Gasteiger partial charge in [-0.25, -0.2) is 0 Å². The number of carbonyl (C=O) groups excluding carboxylic acids is 1. The first kappa shape index (κ1) is 10.4. The molecule has 0 aromatic heterocycles. The van der Waals surface area contributed by atoms with E-state index in [1.54, 1.807) is 7.11 Å². The first-order valence-electron chi connectivity index (χ1n) is 6.02. The number of nitrogens with zero attached hydrogens (tertiary/aromatic N) is 1. The minimum Gasteiger partial charge on any atom is -0.497 e. The maximum Gasteiger partial charge on any atom is 0.226 e. The smallest absolute Gasteiger partial charge is 0.226 e. The summed E-state index contributed by atoms with van der Waals surface area (Å²) in [7, 11) is 1.64. The van der Waals surface area contributed by atoms with Gasteiger partial charge >= 0.3 is 0 Å². The molecule has 0 bridgehead atoms. The van der Waals surface area contributed by atoms with Crippen molar-refractivity contribution in [3.05, 3.63) is 18.2 Å². The van der Waals surface area contributed by atoms with Crippen molar-refractivity contribution in [2.75, 3.05) is 23.9 Å². The third kappa shape index (κ3) is 1.73. The van der Waals surface area contributed by atoms with Crippen LogP contribution in [0.5, 0.6) is 5.75 Å². The molecule has 3 rings (SSSR count). The van der Waals surface area contributed by atoms with Crippen LogP contribution in [0.3, 0.4) is 0 Å². The zero-order chi connectivity index (χ0) is 11.8. The van der Waals surface area contributed by atoms with Crippen molar-refractivity contribution in [3.8, 4) is 5.75 Å². The van der Waals surface area contributed by atoms with Gasteiger partial charge in [-0.3, -0.25) is 4.79 Å². The molecule has 0 saturated carbocycles. The molecule has 1 fully saturated rings. The Morgan fingerprint density at radius 3 is 3.18 bits per heavy atom. The number of amides is 1. The summed E-state index contributed by atoms with van der Waals surface area (Å²) in [5, 5.41) is 2.97. The van der Waals surface area contributed by atoms with E-state index in [1.165, 1.54) is 6.42 Å². The Hall–Kier alpha value is -1.71. The highest BCUT2D eigenvalue weighted by Crippen LogP contribution is 2.37. The molecular weight excluding hydrogens is 216 g/mol. The van der Waals surface area contributed by atoms with Crippen LogP contribution in [0.1, 0.15) is 19.3 Å². The number of methoxy groups -OCH3 is 1. The van der Waals surface area contributed by atoms with Gasteiger partial charge in [0.25, 0.3) is 0 Å². The molecule has 4 nitrogen and oxygen atoms in total. The van der Waals surface area contributed by atoms with E-state index in [0.717, 1.165) is 30.1 Å². The molecule has 17 heavy (non-hydrogen) atoms. The molecule has 0 spiro atoms. The summed E-state index contributed by atoms with van der Waals surface area (Å²) < 4.78 is 5.20. The van der Waals surface area contributed by atoms with Crippen molar-refractivity contribution >= 4 is 17.3 Å². The van der Waals surface area contributed by atoms with Crippen molar-refractivity contribution < 1.29 is 9.53 Å². The lowest BCUT2D eigenvalue weighted by Crippen LogP contribution is -2.29. The highest BCUT2D eigenvalue weighted by molar-refractivity contribution is 5.97. The molecule has 2 heterocycles. The average molecular weight is 232 g/mol. The quantitative estimate of drug-likeness (QED) is 0.805. The van der Waals surface area contributed by atoms with Gasteiger partial charge in [0, 0.05) is 25.1 Å². The first-order valence-corrected chi connectivity index (χ1v) is 6.02. The second kappa shape index (κ2) is 3.95. The van der Waals surface area contributed by atoms with Crippen molar-refractivity contribution in [3.63, 3.8) is 0 Å². The highest BCUT2D eigenvalue weighted by Gasteiger charge is 2.31. The lowest BCUT2D eigenvalue weighted by molar-refractivity contribution is -0.116. The summed E-state index contributed by atoms with van der Waals surface area (Å²) in [5.74, 6) is 0.885. The molecule has 1 saturated heterocycles. The number of hydrogen-bond acceptors (Lipinski definition) is 3. The van der Waals surface area contributed by atoms with Gasteiger partial charge < -0.3 is 15.0 Å². The topological polar surface area (TPSA) is 41.6 Å². The third-order valence-corrected chi connectivity index (χ3v) is 3.59. The van der Waals surface area contributed by atoms with Crippen LogP contribution in [0.2, 0.25) is 0 Å². The molecule has 1 aromatic carbocycles. The monoisotopic (exact) mass is 232 g/mol. The average Bonchev–Trinajstić information content (AvgIpc) is 2.72. The van der Waals surface area contributed by atoms with Crippen LogP contribution in [-0.4, -0.2) is 25.6 Å². The molecule has 90 valence electrons. The van der Waals surface area contributed by atoms with Crippen LogP contribution >= 0.6 is 0 Å². The Kier molecular flexibility index (Phi) is 2.42. The molecule has 0 aliphatic carbocycles. The van der Waals surface area contributed by atoms with Crippen molar-refractivity contribution in [1.82, 2.24) is 0 Å². The molecule has 1 aromatic rings. The van der Waals surface area contributed by atoms with E-state index in [4.69, 9.17) is 4.74 Å². The normalized spacial score (nSPS) is 22.5. The summed E-state index contributed by atoms with van der Waals surface area (Å²) in [6.07, 6.45) is 2.87. The number of fused-ring (bicyclic) bond motifs is 3. The Balaban J connectivity index is 2.06. The first-order chi connectivity index (χ1) is 8.28. The summed E-state index contributed by atoms with van der Waals surface area (Å²) in [6, 6.07) is 6.25. The molecule has 0 radical (unpaired) electrons. The molecule has 1 amide bonds. The Labute approximate surface area is 101 Å². The fourth-order valence-electron chi connectivity index (χ4n) is 2.77. The molecule has 4 heteroatoms. The third-order valence-electron chi connectivity index (χ3n) is 3.59. The van der Waals surface area contributed by atoms with E-state index in [-0.39, 0.29) is 5.91 Å². The molecular formula is C13H16N2O2. The second-order valence-corrected chi connectivity index (χ2v) is 4.62. The van der Waals surface area contributed by atoms with Gasteiger partial charge in [0.2, 0.25) is 5.91 Å². The summed E-state index contributed by atoms with van der Waals surface area (Å²) in [6.45, 7) is 1.04. The minimum absolute atomic E-state index is 0.105. The van der Waals surface area contributed by atoms with Crippen LogP contribution in [0.4, 0.5) is 11.4 Å². The fraction of sp³-hybridized carbons (Fsp3) is 0.462. The zero-order valence-electron chi connectivity index (χ0n) is 9.90. The fourth-order valence-corrected chi connectivity index (χ4v) is 2.77. The molecule has 1 N–H and O–H groups in total. The van der Waals surface area contributed by atoms with Crippen LogP contribution in [0.25, 0.3) is 0 Å². The second-order valence-electron chi connectivity index (χ2n) is 4.62. The van der Waals surface area contributed by atoms with Crippen molar-refractivity contribution in [2.24, 2.45) is 0 Å². The standard InChI is InChI=1S/C13H16N2O2/c1-17-10-4-5-12-11(8-10)14-13(16)7-9-3-2-6-15(9)12/h4-5,8-9H,2-3,6-7H2,1H3,(H,14,16). The van der Waals surface area contributed by atoms with Crippen molar-refractivity contribution in [2.45, 2.75) is 25.3 Å². The summed E-state index contributed by atoms with van der Waals surface area (Å²) in [4.78, 5) is 14.1. The van der Waals surface area contributed by atoms with E-state index < -0.39 is 0 Å². The maximum atomic E-state index is 11.8. The van der Waals surface area contributed by atoms with Gasteiger partial charge in [-0.2, -0.15) is 0 Å². The van der Waals surface area contributed by atoms with E-state index in [2.05, 4.69) is 10.2 Å². The lowest BCUT2D eigenvalue weighted by atomic mass is 10.1. The van der Waals surface area contributed by atoms with Gasteiger partial charge in [-0.15, -0.1) is 0 Å². The number of carbonyl (C=O) groups is 1. The van der Waals surface area contributed by atoms with E-state index >= 15 is 0 Å². The number of anilines is 2. The molecule has 2 aliphatic rings. The lowest BCUT2D eigenvalue weighted by Gasteiger charge is -2.24. The molecule has 2 aliphatic heterocycles. The summed E-state index contributed by atoms with van der Waals surface area (Å²) in [5.41, 5.74) is 2.00. The van der Waals surface area contributed by atoms with Gasteiger partial charge in [0.15, 0.2) is 0 Å². The van der Waals surface area contributed by atoms with Gasteiger partial charge in [0.05, 0.1) is 18.5 Å². The van der Waals surface area contributed by atoms with Gasteiger partial charge in [-0.05, 0) is 25.0 Å². The van der Waals surface area contributed by atoms with Crippen LogP contribution in [0.15, 0.2) is 18.2 Å². The predicted octanol–water partition coefficient (Wildman–Crippen LogP) is 2.01. The minimum atomic E-state index is 0.105. The summed E-state index contributed by atoms with van der Waals surface area (Å²) >= 11 is 0. The Morgan fingerprint density at radius 2 is 2.35 bits per heavy atom. The molecule has 1 atom stereocenters. The van der Waals surface area contributed by atoms with Gasteiger partial charge in [0.1, 0.15) is 5.75 Å². The van der Waals surface area contributed by atoms with Crippen LogP contribution in [0, 0.1) is 0 Å². The zero-order valence-corrected chi connectivity index (χ0v) is 9.90. The highest BCUT2D eigenvalue weighted by atomic mass is 16.5. The number of benzene rings is 1. The van der Waals surface area contributed by atoms with E-state index in [9.17, 15) is 4.79 Å². The van der Waals surface area contributed by atoms with Crippen molar-refractivity contribution in [1.29, 1.82) is 0 Å². The number of rotatable bonds is 1. The Bertz CT molecular complexity index is 459. The van der Waals surface area contributed by atoms with E-state index in [0.29, 0.717) is 12.5 Å².